The number of methoxy groups -OCH3 is 1. The van der Waals surface area contributed by atoms with Crippen LogP contribution in [0.2, 0.25) is 0 Å². The van der Waals surface area contributed by atoms with Crippen LogP contribution < -0.4 is 5.73 Å². The maximum absolute atomic E-state index is 6.65. The molecule has 0 amide bonds. The summed E-state index contributed by atoms with van der Waals surface area (Å²) < 4.78 is 5.02. The molecule has 0 aromatic carbocycles. The molecule has 8 heavy (non-hydrogen) atoms. The molecule has 0 bridgehead atoms. The summed E-state index contributed by atoms with van der Waals surface area (Å²) in [5.74, 6) is 0.222. The Kier molecular flexibility index (Phi) is 3.26. The zero-order valence-electron chi connectivity index (χ0n) is 4.44. The van der Waals surface area contributed by atoms with E-state index in [4.69, 9.17) is 11.1 Å². The SMILES string of the molecule is COC(N)=C(Br)C=N. The van der Waals surface area contributed by atoms with Crippen LogP contribution in [-0.4, -0.2) is 13.3 Å². The standard InChI is InChI=1S/C4H7BrN2O/c1-8-4(7)3(5)2-6/h2,6H,7H2,1H3. The molecule has 0 saturated heterocycles. The second-order valence-electron chi connectivity index (χ2n) is 1.06. The first-order valence-corrected chi connectivity index (χ1v) is 2.71. The monoisotopic (exact) mass is 178 g/mol. The summed E-state index contributed by atoms with van der Waals surface area (Å²) in [4.78, 5) is 0. The molecule has 0 aliphatic heterocycles. The zero-order chi connectivity index (χ0) is 6.57. The molecular weight excluding hydrogens is 172 g/mol. The van der Waals surface area contributed by atoms with Crippen LogP contribution in [0.25, 0.3) is 0 Å². The van der Waals surface area contributed by atoms with E-state index in [-0.39, 0.29) is 5.88 Å². The van der Waals surface area contributed by atoms with Crippen LogP contribution >= 0.6 is 15.9 Å². The van der Waals surface area contributed by atoms with Crippen molar-refractivity contribution in [3.8, 4) is 0 Å². The molecule has 0 unspecified atom stereocenters. The maximum atomic E-state index is 6.65. The van der Waals surface area contributed by atoms with Crippen LogP contribution in [0.4, 0.5) is 0 Å². The number of hydrogen-bond donors (Lipinski definition) is 2. The number of ether oxygens (including phenoxy) is 1. The van der Waals surface area contributed by atoms with Gasteiger partial charge < -0.3 is 15.9 Å². The Balaban J connectivity index is 4.03. The molecule has 3 nitrogen and oxygen atoms in total. The number of nitrogens with one attached hydrogen (secondary N) is 1. The second kappa shape index (κ2) is 3.49. The molecule has 0 atom stereocenters. The van der Waals surface area contributed by atoms with E-state index in [1.165, 1.54) is 7.11 Å². The van der Waals surface area contributed by atoms with E-state index in [0.29, 0.717) is 4.48 Å². The number of rotatable bonds is 2. The van der Waals surface area contributed by atoms with Crippen LogP contribution in [0.5, 0.6) is 0 Å². The van der Waals surface area contributed by atoms with Crippen LogP contribution in [0.1, 0.15) is 0 Å². The highest BCUT2D eigenvalue weighted by Crippen LogP contribution is 2.03. The third kappa shape index (κ3) is 1.97. The molecule has 0 spiro atoms. The Morgan fingerprint density at radius 3 is 2.50 bits per heavy atom. The predicted octanol–water partition coefficient (Wildman–Crippen LogP) is 0.805. The van der Waals surface area contributed by atoms with Crippen molar-refractivity contribution < 1.29 is 4.74 Å². The van der Waals surface area contributed by atoms with E-state index in [0.717, 1.165) is 6.21 Å². The molecule has 0 radical (unpaired) electrons. The molecule has 0 aromatic rings. The minimum Gasteiger partial charge on any atom is -0.482 e. The van der Waals surface area contributed by atoms with Crippen molar-refractivity contribution in [1.82, 2.24) is 0 Å². The average Bonchev–Trinajstić information content (AvgIpc) is 1.84. The van der Waals surface area contributed by atoms with Gasteiger partial charge in [-0.3, -0.25) is 0 Å². The van der Waals surface area contributed by atoms with E-state index >= 15 is 0 Å². The van der Waals surface area contributed by atoms with Crippen LogP contribution in [0.3, 0.4) is 0 Å². The van der Waals surface area contributed by atoms with Crippen LogP contribution in [-0.2, 0) is 4.74 Å². The van der Waals surface area contributed by atoms with Gasteiger partial charge in [-0.05, 0) is 15.9 Å². The normalized spacial score (nSPS) is 12.2. The van der Waals surface area contributed by atoms with Gasteiger partial charge >= 0.3 is 0 Å². The first-order chi connectivity index (χ1) is 3.72. The van der Waals surface area contributed by atoms with E-state index in [2.05, 4.69) is 20.7 Å². The fourth-order valence-corrected chi connectivity index (χ4v) is 0.331. The first kappa shape index (κ1) is 7.49. The molecule has 3 N–H and O–H groups in total. The summed E-state index contributed by atoms with van der Waals surface area (Å²) in [6.45, 7) is 0. The van der Waals surface area contributed by atoms with Crippen molar-refractivity contribution in [3.05, 3.63) is 10.4 Å². The highest BCUT2D eigenvalue weighted by atomic mass is 79.9. The van der Waals surface area contributed by atoms with E-state index in [9.17, 15) is 0 Å². The molecule has 46 valence electrons. The average molecular weight is 179 g/mol. The number of allylic oxidation sites excluding steroid dienone is 1. The fourth-order valence-electron chi connectivity index (χ4n) is 0.169. The largest absolute Gasteiger partial charge is 0.482 e. The van der Waals surface area contributed by atoms with Gasteiger partial charge in [0.1, 0.15) is 0 Å². The molecule has 0 aromatic heterocycles. The Hall–Kier alpha value is -0.510. The topological polar surface area (TPSA) is 59.1 Å². The molecule has 0 aliphatic carbocycles. The van der Waals surface area contributed by atoms with Crippen molar-refractivity contribution in [2.45, 2.75) is 0 Å². The van der Waals surface area contributed by atoms with Gasteiger partial charge in [0.05, 0.1) is 11.6 Å². The van der Waals surface area contributed by atoms with Crippen molar-refractivity contribution in [1.29, 1.82) is 5.41 Å². The summed E-state index contributed by atoms with van der Waals surface area (Å²) in [6.07, 6.45) is 1.07. The van der Waals surface area contributed by atoms with Gasteiger partial charge in [-0.25, -0.2) is 0 Å². The van der Waals surface area contributed by atoms with Crippen molar-refractivity contribution in [3.63, 3.8) is 0 Å². The third-order valence-electron chi connectivity index (χ3n) is 0.582. The highest BCUT2D eigenvalue weighted by Gasteiger charge is 1.91. The Morgan fingerprint density at radius 2 is 2.38 bits per heavy atom. The van der Waals surface area contributed by atoms with Gasteiger partial charge in [0.15, 0.2) is 5.88 Å². The highest BCUT2D eigenvalue weighted by molar-refractivity contribution is 9.12. The Bertz CT molecular complexity index is 121. The number of nitrogens with two attached hydrogens (primary N) is 1. The summed E-state index contributed by atoms with van der Waals surface area (Å²) in [5.41, 5.74) is 5.19. The van der Waals surface area contributed by atoms with Crippen LogP contribution in [0, 0.1) is 5.41 Å². The smallest absolute Gasteiger partial charge is 0.200 e. The second-order valence-corrected chi connectivity index (χ2v) is 1.91. The lowest BCUT2D eigenvalue weighted by Crippen LogP contribution is -2.01. The van der Waals surface area contributed by atoms with Gasteiger partial charge in [0.2, 0.25) is 0 Å². The molecular formula is C4H7BrN2O. The maximum Gasteiger partial charge on any atom is 0.200 e. The zero-order valence-corrected chi connectivity index (χ0v) is 6.03. The lowest BCUT2D eigenvalue weighted by Gasteiger charge is -1.96. The number of hydrogen-bond acceptors (Lipinski definition) is 3. The van der Waals surface area contributed by atoms with Gasteiger partial charge in [0, 0.05) is 6.21 Å². The van der Waals surface area contributed by atoms with Crippen molar-refractivity contribution in [2.75, 3.05) is 7.11 Å². The van der Waals surface area contributed by atoms with Gasteiger partial charge in [-0.2, -0.15) is 0 Å². The lowest BCUT2D eigenvalue weighted by atomic mass is 10.6. The van der Waals surface area contributed by atoms with Gasteiger partial charge in [-0.1, -0.05) is 0 Å². The minimum atomic E-state index is 0.222. The van der Waals surface area contributed by atoms with E-state index in [1.807, 2.05) is 0 Å². The Labute approximate surface area is 56.2 Å². The summed E-state index contributed by atoms with van der Waals surface area (Å²) in [5, 5.41) is 6.65. The van der Waals surface area contributed by atoms with Gasteiger partial charge in [-0.15, -0.1) is 0 Å². The first-order valence-electron chi connectivity index (χ1n) is 1.92. The summed E-state index contributed by atoms with van der Waals surface area (Å²) in [6, 6.07) is 0. The van der Waals surface area contributed by atoms with Crippen LogP contribution in [0.15, 0.2) is 10.4 Å². The quantitative estimate of drug-likeness (QED) is 0.486. The number of halogens is 1. The molecule has 0 rings (SSSR count). The molecule has 0 fully saturated rings. The molecule has 0 aliphatic rings. The fraction of sp³-hybridized carbons (Fsp3) is 0.250. The van der Waals surface area contributed by atoms with Crippen molar-refractivity contribution >= 4 is 22.1 Å². The molecule has 4 heteroatoms. The van der Waals surface area contributed by atoms with Crippen molar-refractivity contribution in [2.24, 2.45) is 5.73 Å². The third-order valence-corrected chi connectivity index (χ3v) is 1.20. The van der Waals surface area contributed by atoms with Gasteiger partial charge in [0.25, 0.3) is 0 Å². The van der Waals surface area contributed by atoms with E-state index in [1.54, 1.807) is 0 Å². The summed E-state index contributed by atoms with van der Waals surface area (Å²) >= 11 is 2.99. The predicted molar refractivity (Wildman–Crippen MR) is 35.9 cm³/mol. The lowest BCUT2D eigenvalue weighted by molar-refractivity contribution is 0.287. The molecule has 0 heterocycles. The van der Waals surface area contributed by atoms with E-state index < -0.39 is 0 Å². The Morgan fingerprint density at radius 1 is 1.88 bits per heavy atom. The minimum absolute atomic E-state index is 0.222. The summed E-state index contributed by atoms with van der Waals surface area (Å²) in [7, 11) is 1.44. The molecule has 0 saturated carbocycles.